The van der Waals surface area contributed by atoms with E-state index in [2.05, 4.69) is 86.1 Å². The normalized spacial score (nSPS) is 14.7. The molecule has 1 aliphatic heterocycles. The molecule has 1 aliphatic rings. The van der Waals surface area contributed by atoms with Gasteiger partial charge in [-0.15, -0.1) is 0 Å². The van der Waals surface area contributed by atoms with Gasteiger partial charge in [-0.3, -0.25) is 0 Å². The van der Waals surface area contributed by atoms with E-state index in [1.807, 2.05) is 11.0 Å². The van der Waals surface area contributed by atoms with Crippen molar-refractivity contribution in [3.05, 3.63) is 95.7 Å². The Balaban J connectivity index is 1.89. The Labute approximate surface area is 208 Å². The number of aliphatic imine (C=N–C) groups is 1. The van der Waals surface area contributed by atoms with Gasteiger partial charge in [0.2, 0.25) is 0 Å². The van der Waals surface area contributed by atoms with Crippen LogP contribution in [0.5, 0.6) is 0 Å². The number of hydrogen-bond acceptors (Lipinski definition) is 2. The van der Waals surface area contributed by atoms with Crippen molar-refractivity contribution in [3.63, 3.8) is 0 Å². The van der Waals surface area contributed by atoms with Gasteiger partial charge in [0.25, 0.3) is 0 Å². The average molecular weight is 615 g/mol. The summed E-state index contributed by atoms with van der Waals surface area (Å²) in [5, 5.41) is 0. The van der Waals surface area contributed by atoms with Gasteiger partial charge in [0.1, 0.15) is 0 Å². The first-order valence-electron chi connectivity index (χ1n) is 11.4. The zero-order chi connectivity index (χ0) is 22.9. The number of carbonyl (C=O) groups excluding carboxylic acids is 1. The van der Waals surface area contributed by atoms with Crippen molar-refractivity contribution >= 4 is 9.25 Å². The summed E-state index contributed by atoms with van der Waals surface area (Å²) in [4.78, 5) is 22.0. The second-order valence-electron chi connectivity index (χ2n) is 8.21. The Bertz CT molecular complexity index is 929. The first-order valence-corrected chi connectivity index (χ1v) is 14.2. The van der Waals surface area contributed by atoms with E-state index in [-0.39, 0.29) is 11.9 Å². The van der Waals surface area contributed by atoms with E-state index < -0.39 is 0 Å². The molecular formula is C27H32HgN3O. The first kappa shape index (κ1) is 24.4. The molecule has 5 heteroatoms. The Hall–Kier alpha value is -2.20. The molecule has 0 atom stereocenters. The molecule has 0 N–H and O–H groups in total. The van der Waals surface area contributed by atoms with Gasteiger partial charge in [-0.25, -0.2) is 0 Å². The number of nitrogens with zero attached hydrogens (tertiary/aromatic N) is 3. The summed E-state index contributed by atoms with van der Waals surface area (Å²) in [5.74, 6) is 0.238. The zero-order valence-corrected chi connectivity index (χ0v) is 24.8. The molecule has 163 valence electrons. The molecule has 0 spiro atoms. The summed E-state index contributed by atoms with van der Waals surface area (Å²) in [6.07, 6.45) is 5.35. The number of carbonyl (C=O) groups is 1. The van der Waals surface area contributed by atoms with Gasteiger partial charge in [-0.2, -0.15) is 0 Å². The standard InChI is InChI=1S/C27H32N3O.Hg/c1-4-6-17-26(31)30-19-18-22(5-2)25(20-30)28-21-29(3)27(23-13-9-7-10-14-23)24-15-11-8-12-16-24;/h5,7-16,27H,2,4,6,17-20H2,1,3H3;. The topological polar surface area (TPSA) is 35.9 Å². The number of amides is 1. The molecular weight excluding hydrogens is 583 g/mol. The quantitative estimate of drug-likeness (QED) is 0.225. The van der Waals surface area contributed by atoms with Crippen LogP contribution in [0.3, 0.4) is 0 Å². The monoisotopic (exact) mass is 616 g/mol. The van der Waals surface area contributed by atoms with Gasteiger partial charge in [0.15, 0.2) is 0 Å². The van der Waals surface area contributed by atoms with Crippen LogP contribution in [0.4, 0.5) is 0 Å². The molecule has 0 aromatic heterocycles. The van der Waals surface area contributed by atoms with Gasteiger partial charge in [-0.05, 0) is 0 Å². The Morgan fingerprint density at radius 3 is 2.28 bits per heavy atom. The summed E-state index contributed by atoms with van der Waals surface area (Å²) in [6, 6.07) is 21.3. The van der Waals surface area contributed by atoms with E-state index in [9.17, 15) is 4.79 Å². The van der Waals surface area contributed by atoms with Gasteiger partial charge in [-0.1, -0.05) is 0 Å². The molecule has 2 aromatic rings. The third kappa shape index (κ3) is 6.19. The van der Waals surface area contributed by atoms with E-state index in [1.165, 1.54) is 11.1 Å². The fourth-order valence-corrected chi connectivity index (χ4v) is 5.53. The molecule has 0 saturated carbocycles. The second kappa shape index (κ2) is 12.1. The average Bonchev–Trinajstić information content (AvgIpc) is 2.84. The van der Waals surface area contributed by atoms with E-state index in [0.29, 0.717) is 39.1 Å². The molecule has 2 aromatic carbocycles. The molecule has 0 saturated heterocycles. The summed E-state index contributed by atoms with van der Waals surface area (Å²) >= 11 is 0.296. The molecule has 1 heterocycles. The zero-order valence-electron chi connectivity index (χ0n) is 19.3. The van der Waals surface area contributed by atoms with Gasteiger partial charge >= 0.3 is 209 Å². The first-order chi connectivity index (χ1) is 15.5. The van der Waals surface area contributed by atoms with Crippen molar-refractivity contribution < 1.29 is 30.9 Å². The van der Waals surface area contributed by atoms with Crippen molar-refractivity contribution in [2.75, 3.05) is 20.1 Å². The van der Waals surface area contributed by atoms with Crippen molar-refractivity contribution in [2.45, 2.75) is 38.6 Å². The Morgan fingerprint density at radius 1 is 1.16 bits per heavy atom. The fraction of sp³-hybridized carbons (Fsp3) is 0.333. The molecule has 4 nitrogen and oxygen atoms in total. The van der Waals surface area contributed by atoms with Crippen LogP contribution in [0.2, 0.25) is 0 Å². The van der Waals surface area contributed by atoms with Crippen molar-refractivity contribution in [1.82, 2.24) is 9.80 Å². The van der Waals surface area contributed by atoms with Crippen LogP contribution in [0.25, 0.3) is 0 Å². The summed E-state index contributed by atoms with van der Waals surface area (Å²) in [7, 11) is 2.14. The molecule has 0 bridgehead atoms. The van der Waals surface area contributed by atoms with E-state index >= 15 is 0 Å². The van der Waals surface area contributed by atoms with Crippen molar-refractivity contribution in [2.24, 2.45) is 4.99 Å². The van der Waals surface area contributed by atoms with Crippen LogP contribution in [0.15, 0.2) is 89.6 Å². The molecule has 3 rings (SSSR count). The van der Waals surface area contributed by atoms with E-state index in [4.69, 9.17) is 4.99 Å². The van der Waals surface area contributed by atoms with Crippen molar-refractivity contribution in [1.29, 1.82) is 0 Å². The van der Waals surface area contributed by atoms with Crippen LogP contribution in [-0.2, 0) is 30.9 Å². The SMILES string of the molecule is C=CC1=C(N=[C]([Hg])N(C)C(c2ccccc2)c2ccccc2)CN(C(=O)CCCC)CC1. The molecule has 0 fully saturated rings. The molecule has 32 heavy (non-hydrogen) atoms. The number of rotatable bonds is 8. The Kier molecular flexibility index (Phi) is 9.28. The number of hydrogen-bond donors (Lipinski definition) is 0. The van der Waals surface area contributed by atoms with Gasteiger partial charge in [0, 0.05) is 0 Å². The van der Waals surface area contributed by atoms with Crippen molar-refractivity contribution in [3.8, 4) is 0 Å². The van der Waals surface area contributed by atoms with Crippen LogP contribution < -0.4 is 0 Å². The van der Waals surface area contributed by atoms with Crippen LogP contribution in [0.1, 0.15) is 49.8 Å². The number of unbranched alkanes of at least 4 members (excludes halogenated alkanes) is 1. The summed E-state index contributed by atoms with van der Waals surface area (Å²) in [5.41, 5.74) is 4.65. The summed E-state index contributed by atoms with van der Waals surface area (Å²) < 4.78 is 1.11. The predicted molar refractivity (Wildman–Crippen MR) is 128 cm³/mol. The fourth-order valence-electron chi connectivity index (χ4n) is 4.08. The number of benzene rings is 2. The third-order valence-electron chi connectivity index (χ3n) is 5.99. The van der Waals surface area contributed by atoms with Crippen LogP contribution >= 0.6 is 0 Å². The Morgan fingerprint density at radius 2 is 1.75 bits per heavy atom. The molecule has 0 aliphatic carbocycles. The molecule has 0 radical (unpaired) electrons. The predicted octanol–water partition coefficient (Wildman–Crippen LogP) is 5.47. The molecule has 1 amide bonds. The summed E-state index contributed by atoms with van der Waals surface area (Å²) in [6.45, 7) is 7.47. The van der Waals surface area contributed by atoms with E-state index in [1.54, 1.807) is 0 Å². The number of allylic oxidation sites excluding steroid dienone is 1. The van der Waals surface area contributed by atoms with Gasteiger partial charge in [0.05, 0.1) is 0 Å². The minimum absolute atomic E-state index is 0.104. The van der Waals surface area contributed by atoms with Crippen LogP contribution in [0, 0.1) is 0 Å². The maximum absolute atomic E-state index is 12.6. The third-order valence-corrected chi connectivity index (χ3v) is 8.55. The molecule has 0 unspecified atom stereocenters. The maximum atomic E-state index is 12.6. The van der Waals surface area contributed by atoms with Crippen LogP contribution in [-0.4, -0.2) is 39.2 Å². The minimum atomic E-state index is 0.104. The van der Waals surface area contributed by atoms with Gasteiger partial charge < -0.3 is 0 Å². The number of amidine groups is 1. The van der Waals surface area contributed by atoms with E-state index in [0.717, 1.165) is 40.4 Å². The second-order valence-corrected chi connectivity index (χ2v) is 10.7.